The molecule has 1 aromatic carbocycles. The van der Waals surface area contributed by atoms with E-state index in [1.807, 2.05) is 43.3 Å². The van der Waals surface area contributed by atoms with Crippen LogP contribution in [-0.4, -0.2) is 15.0 Å². The minimum absolute atomic E-state index is 0.921. The molecule has 17 heavy (non-hydrogen) atoms. The summed E-state index contributed by atoms with van der Waals surface area (Å²) in [5, 5.41) is 0. The second-order valence-electron chi connectivity index (χ2n) is 3.88. The maximum Gasteiger partial charge on any atom is 0.0923 e. The van der Waals surface area contributed by atoms with E-state index in [0.29, 0.717) is 0 Å². The highest BCUT2D eigenvalue weighted by Gasteiger charge is 2.06. The largest absolute Gasteiger partial charge is 0.265 e. The Kier molecular flexibility index (Phi) is 2.29. The number of benzene rings is 1. The van der Waals surface area contributed by atoms with Gasteiger partial charge < -0.3 is 0 Å². The van der Waals surface area contributed by atoms with Crippen LogP contribution in [0, 0.1) is 6.92 Å². The van der Waals surface area contributed by atoms with Gasteiger partial charge >= 0.3 is 0 Å². The summed E-state index contributed by atoms with van der Waals surface area (Å²) >= 11 is 0. The fraction of sp³-hybridized carbons (Fsp3) is 0.0714. The van der Waals surface area contributed by atoms with E-state index < -0.39 is 0 Å². The molecule has 0 aliphatic heterocycles. The van der Waals surface area contributed by atoms with Crippen molar-refractivity contribution in [2.24, 2.45) is 0 Å². The van der Waals surface area contributed by atoms with Crippen molar-refractivity contribution in [3.63, 3.8) is 0 Å². The number of fused-ring (bicyclic) bond motifs is 1. The summed E-state index contributed by atoms with van der Waals surface area (Å²) in [4.78, 5) is 13.2. The van der Waals surface area contributed by atoms with Gasteiger partial charge in [-0.25, -0.2) is 9.97 Å². The van der Waals surface area contributed by atoms with Gasteiger partial charge in [-0.3, -0.25) is 4.98 Å². The number of aryl methyl sites for hydroxylation is 1. The van der Waals surface area contributed by atoms with Crippen LogP contribution < -0.4 is 0 Å². The lowest BCUT2D eigenvalue weighted by molar-refractivity contribution is 1.18. The van der Waals surface area contributed by atoms with E-state index in [9.17, 15) is 0 Å². The normalized spacial score (nSPS) is 10.6. The Hall–Kier alpha value is -2.29. The van der Waals surface area contributed by atoms with Crippen LogP contribution >= 0.6 is 0 Å². The van der Waals surface area contributed by atoms with Crippen LogP contribution in [0.15, 0.2) is 48.8 Å². The smallest absolute Gasteiger partial charge is 0.0923 e. The summed E-state index contributed by atoms with van der Waals surface area (Å²) in [6.45, 7) is 1.98. The minimum Gasteiger partial charge on any atom is -0.265 e. The summed E-state index contributed by atoms with van der Waals surface area (Å²) in [5.74, 6) is 0. The van der Waals surface area contributed by atoms with Gasteiger partial charge in [-0.15, -0.1) is 0 Å². The van der Waals surface area contributed by atoms with Gasteiger partial charge in [0.1, 0.15) is 0 Å². The molecular formula is C14H11N3. The molecule has 0 bridgehead atoms. The Morgan fingerprint density at radius 3 is 2.18 bits per heavy atom. The molecule has 3 aromatic rings. The van der Waals surface area contributed by atoms with E-state index in [1.54, 1.807) is 12.4 Å². The first-order valence-corrected chi connectivity index (χ1v) is 5.48. The van der Waals surface area contributed by atoms with Gasteiger partial charge in [0.15, 0.2) is 0 Å². The third-order valence-corrected chi connectivity index (χ3v) is 2.70. The fourth-order valence-electron chi connectivity index (χ4n) is 1.87. The Bertz CT molecular complexity index is 663. The number of hydrogen-bond donors (Lipinski definition) is 0. The molecule has 82 valence electrons. The molecule has 0 radical (unpaired) electrons. The van der Waals surface area contributed by atoms with Gasteiger partial charge in [0, 0.05) is 18.0 Å². The first-order valence-electron chi connectivity index (χ1n) is 5.48. The van der Waals surface area contributed by atoms with Crippen LogP contribution in [-0.2, 0) is 0 Å². The van der Waals surface area contributed by atoms with Gasteiger partial charge in [0.05, 0.1) is 22.4 Å². The Morgan fingerprint density at radius 2 is 1.47 bits per heavy atom. The number of hydrogen-bond acceptors (Lipinski definition) is 3. The summed E-state index contributed by atoms with van der Waals surface area (Å²) in [7, 11) is 0. The van der Waals surface area contributed by atoms with Crippen LogP contribution in [0.3, 0.4) is 0 Å². The standard InChI is InChI=1S/C14H11N3/c1-10-14(11-6-8-15-9-7-11)17-13-5-3-2-4-12(13)16-10/h2-9H,1H3. The van der Waals surface area contributed by atoms with E-state index in [1.165, 1.54) is 0 Å². The monoisotopic (exact) mass is 221 g/mol. The third kappa shape index (κ3) is 1.76. The average Bonchev–Trinajstić information content (AvgIpc) is 2.39. The first-order chi connectivity index (χ1) is 8.34. The van der Waals surface area contributed by atoms with Gasteiger partial charge in [-0.1, -0.05) is 12.1 Å². The van der Waals surface area contributed by atoms with Crippen LogP contribution in [0.1, 0.15) is 5.69 Å². The van der Waals surface area contributed by atoms with Crippen LogP contribution in [0.2, 0.25) is 0 Å². The second-order valence-corrected chi connectivity index (χ2v) is 3.88. The van der Waals surface area contributed by atoms with E-state index in [0.717, 1.165) is 28.0 Å². The molecule has 0 atom stereocenters. The van der Waals surface area contributed by atoms with Crippen molar-refractivity contribution in [2.75, 3.05) is 0 Å². The summed E-state index contributed by atoms with van der Waals surface area (Å²) < 4.78 is 0. The SMILES string of the molecule is Cc1nc2ccccc2nc1-c1ccncc1. The first kappa shape index (κ1) is 9.90. The highest BCUT2D eigenvalue weighted by molar-refractivity contribution is 5.78. The molecule has 0 unspecified atom stereocenters. The molecule has 0 amide bonds. The maximum atomic E-state index is 4.65. The predicted molar refractivity (Wildman–Crippen MR) is 67.5 cm³/mol. The zero-order valence-electron chi connectivity index (χ0n) is 9.46. The van der Waals surface area contributed by atoms with Crippen molar-refractivity contribution < 1.29 is 0 Å². The molecule has 2 aromatic heterocycles. The average molecular weight is 221 g/mol. The molecule has 0 fully saturated rings. The van der Waals surface area contributed by atoms with Crippen molar-refractivity contribution in [3.05, 3.63) is 54.5 Å². The van der Waals surface area contributed by atoms with Gasteiger partial charge in [0.2, 0.25) is 0 Å². The van der Waals surface area contributed by atoms with Crippen LogP contribution in [0.4, 0.5) is 0 Å². The van der Waals surface area contributed by atoms with Crippen molar-refractivity contribution in [1.29, 1.82) is 0 Å². The van der Waals surface area contributed by atoms with E-state index >= 15 is 0 Å². The molecule has 0 N–H and O–H groups in total. The van der Waals surface area contributed by atoms with E-state index in [4.69, 9.17) is 0 Å². The summed E-state index contributed by atoms with van der Waals surface area (Å²) in [6.07, 6.45) is 3.54. The molecule has 3 heteroatoms. The molecule has 0 aliphatic carbocycles. The van der Waals surface area contributed by atoms with Crippen molar-refractivity contribution in [1.82, 2.24) is 15.0 Å². The Labute approximate surface area is 99.2 Å². The number of nitrogens with zero attached hydrogens (tertiary/aromatic N) is 3. The quantitative estimate of drug-likeness (QED) is 0.634. The second kappa shape index (κ2) is 3.94. The summed E-state index contributed by atoms with van der Waals surface area (Å²) in [5.41, 5.74) is 4.77. The zero-order valence-corrected chi connectivity index (χ0v) is 9.46. The van der Waals surface area contributed by atoms with E-state index in [2.05, 4.69) is 15.0 Å². The van der Waals surface area contributed by atoms with Crippen LogP contribution in [0.5, 0.6) is 0 Å². The summed E-state index contributed by atoms with van der Waals surface area (Å²) in [6, 6.07) is 11.8. The van der Waals surface area contributed by atoms with Gasteiger partial charge in [-0.2, -0.15) is 0 Å². The van der Waals surface area contributed by atoms with Crippen molar-refractivity contribution >= 4 is 11.0 Å². The highest BCUT2D eigenvalue weighted by atomic mass is 14.8. The number of para-hydroxylation sites is 2. The lowest BCUT2D eigenvalue weighted by Crippen LogP contribution is -1.94. The Balaban J connectivity index is 2.27. The number of aromatic nitrogens is 3. The number of rotatable bonds is 1. The van der Waals surface area contributed by atoms with Crippen molar-refractivity contribution in [3.8, 4) is 11.3 Å². The molecule has 3 rings (SSSR count). The lowest BCUT2D eigenvalue weighted by atomic mass is 10.1. The van der Waals surface area contributed by atoms with Crippen molar-refractivity contribution in [2.45, 2.75) is 6.92 Å². The fourth-order valence-corrected chi connectivity index (χ4v) is 1.87. The maximum absolute atomic E-state index is 4.65. The topological polar surface area (TPSA) is 38.7 Å². The van der Waals surface area contributed by atoms with Gasteiger partial charge in [0.25, 0.3) is 0 Å². The molecule has 2 heterocycles. The molecule has 0 saturated heterocycles. The van der Waals surface area contributed by atoms with Crippen LogP contribution in [0.25, 0.3) is 22.3 Å². The molecular weight excluding hydrogens is 210 g/mol. The van der Waals surface area contributed by atoms with E-state index in [-0.39, 0.29) is 0 Å². The molecule has 0 saturated carbocycles. The van der Waals surface area contributed by atoms with Gasteiger partial charge in [-0.05, 0) is 31.2 Å². The Morgan fingerprint density at radius 1 is 0.824 bits per heavy atom. The zero-order chi connectivity index (χ0) is 11.7. The third-order valence-electron chi connectivity index (χ3n) is 2.70. The molecule has 0 aliphatic rings. The number of pyridine rings is 1. The molecule has 0 spiro atoms. The molecule has 3 nitrogen and oxygen atoms in total. The lowest BCUT2D eigenvalue weighted by Gasteiger charge is -2.06. The predicted octanol–water partition coefficient (Wildman–Crippen LogP) is 3.00. The highest BCUT2D eigenvalue weighted by Crippen LogP contribution is 2.21. The minimum atomic E-state index is 0.921.